The van der Waals surface area contributed by atoms with Crippen LogP contribution < -0.4 is 0 Å². The number of oxime groups is 1. The number of carbonyl (C=O) groups excluding carboxylic acids is 1. The molecule has 1 aliphatic rings. The van der Waals surface area contributed by atoms with Crippen LogP contribution in [0.15, 0.2) is 17.3 Å². The van der Waals surface area contributed by atoms with Gasteiger partial charge in [-0.3, -0.25) is 4.90 Å². The summed E-state index contributed by atoms with van der Waals surface area (Å²) in [6.07, 6.45) is 5.69. The second-order valence-electron chi connectivity index (χ2n) is 6.71. The van der Waals surface area contributed by atoms with Crippen molar-refractivity contribution < 1.29 is 19.8 Å². The van der Waals surface area contributed by atoms with Crippen LogP contribution in [0.4, 0.5) is 4.79 Å². The zero-order valence-corrected chi connectivity index (χ0v) is 16.0. The van der Waals surface area contributed by atoms with Gasteiger partial charge in [-0.05, 0) is 44.4 Å². The highest BCUT2D eigenvalue weighted by Crippen LogP contribution is 2.14. The molecule has 1 aliphatic heterocycles. The first-order valence-electron chi connectivity index (χ1n) is 9.64. The van der Waals surface area contributed by atoms with Crippen LogP contribution in [0.25, 0.3) is 0 Å². The average molecular weight is 378 g/mol. The van der Waals surface area contributed by atoms with Crippen LogP contribution in [-0.2, 0) is 11.2 Å². The van der Waals surface area contributed by atoms with Gasteiger partial charge >= 0.3 is 6.09 Å². The molecule has 1 aromatic rings. The van der Waals surface area contributed by atoms with Gasteiger partial charge in [0.1, 0.15) is 11.4 Å². The molecule has 8 heteroatoms. The minimum absolute atomic E-state index is 0.00245. The van der Waals surface area contributed by atoms with Crippen LogP contribution in [0.1, 0.15) is 44.0 Å². The molecule has 150 valence electrons. The van der Waals surface area contributed by atoms with Gasteiger partial charge < -0.3 is 20.0 Å². The molecule has 0 aliphatic carbocycles. The van der Waals surface area contributed by atoms with E-state index in [4.69, 9.17) is 9.94 Å². The third-order valence-corrected chi connectivity index (χ3v) is 4.65. The quantitative estimate of drug-likeness (QED) is 0.296. The zero-order valence-electron chi connectivity index (χ0n) is 16.0. The Morgan fingerprint density at radius 1 is 1.26 bits per heavy atom. The number of aromatic nitrogens is 1. The number of unbranched alkanes of at least 4 members (excludes halogenated alkanes) is 2. The molecule has 0 radical (unpaired) electrons. The molecule has 2 N–H and O–H groups in total. The minimum Gasteiger partial charge on any atom is -0.506 e. The fourth-order valence-corrected chi connectivity index (χ4v) is 2.99. The highest BCUT2D eigenvalue weighted by Gasteiger charge is 2.21. The van der Waals surface area contributed by atoms with Crippen molar-refractivity contribution >= 4 is 12.3 Å². The maximum atomic E-state index is 11.9. The molecule has 8 nitrogen and oxygen atoms in total. The molecule has 0 aromatic carbocycles. The van der Waals surface area contributed by atoms with E-state index in [2.05, 4.69) is 22.0 Å². The Morgan fingerprint density at radius 3 is 2.74 bits per heavy atom. The van der Waals surface area contributed by atoms with Crippen molar-refractivity contribution in [3.05, 3.63) is 23.5 Å². The SMILES string of the molecule is CCCCOC(=O)N1CCN(CCCCc2ccc(O)c(C=NO)n2)CC1. The number of aryl methyl sites for hydroxylation is 1. The number of aromatic hydroxyl groups is 1. The van der Waals surface area contributed by atoms with Crippen LogP contribution in [0, 0.1) is 0 Å². The zero-order chi connectivity index (χ0) is 19.5. The Bertz CT molecular complexity index is 616. The number of nitrogens with zero attached hydrogens (tertiary/aromatic N) is 4. The van der Waals surface area contributed by atoms with Gasteiger partial charge in [0.05, 0.1) is 12.8 Å². The van der Waals surface area contributed by atoms with Gasteiger partial charge in [-0.1, -0.05) is 18.5 Å². The standard InChI is InChI=1S/C19H30N4O4/c1-2-3-14-27-19(25)23-12-10-22(11-13-23)9-5-4-6-16-7-8-18(24)17(21-16)15-20-26/h7-8,15,24,26H,2-6,9-14H2,1H3. The molecule has 27 heavy (non-hydrogen) atoms. The lowest BCUT2D eigenvalue weighted by Gasteiger charge is -2.34. The van der Waals surface area contributed by atoms with E-state index < -0.39 is 0 Å². The topological polar surface area (TPSA) is 98.5 Å². The van der Waals surface area contributed by atoms with Crippen LogP contribution in [-0.4, -0.2) is 76.7 Å². The van der Waals surface area contributed by atoms with E-state index in [0.717, 1.165) is 63.6 Å². The second-order valence-corrected chi connectivity index (χ2v) is 6.71. The van der Waals surface area contributed by atoms with E-state index in [1.54, 1.807) is 17.0 Å². The van der Waals surface area contributed by atoms with Gasteiger partial charge in [0, 0.05) is 31.9 Å². The number of piperazine rings is 1. The summed E-state index contributed by atoms with van der Waals surface area (Å²) >= 11 is 0. The Labute approximate surface area is 160 Å². The average Bonchev–Trinajstić information content (AvgIpc) is 2.68. The van der Waals surface area contributed by atoms with Crippen molar-refractivity contribution in [2.75, 3.05) is 39.3 Å². The number of amides is 1. The molecule has 0 unspecified atom stereocenters. The van der Waals surface area contributed by atoms with Crippen molar-refractivity contribution in [2.24, 2.45) is 5.16 Å². The third kappa shape index (κ3) is 7.05. The fraction of sp³-hybridized carbons (Fsp3) is 0.632. The summed E-state index contributed by atoms with van der Waals surface area (Å²) < 4.78 is 5.26. The van der Waals surface area contributed by atoms with Gasteiger partial charge in [-0.2, -0.15) is 0 Å². The predicted molar refractivity (Wildman–Crippen MR) is 102 cm³/mol. The number of hydrogen-bond acceptors (Lipinski definition) is 7. The number of ether oxygens (including phenoxy) is 1. The van der Waals surface area contributed by atoms with Gasteiger partial charge in [-0.25, -0.2) is 9.78 Å². The van der Waals surface area contributed by atoms with E-state index in [-0.39, 0.29) is 17.5 Å². The fourth-order valence-electron chi connectivity index (χ4n) is 2.99. The molecule has 0 bridgehead atoms. The van der Waals surface area contributed by atoms with E-state index in [1.807, 2.05) is 0 Å². The van der Waals surface area contributed by atoms with Crippen LogP contribution >= 0.6 is 0 Å². The van der Waals surface area contributed by atoms with E-state index >= 15 is 0 Å². The maximum absolute atomic E-state index is 11.9. The highest BCUT2D eigenvalue weighted by molar-refractivity contribution is 5.80. The van der Waals surface area contributed by atoms with Gasteiger partial charge in [0.2, 0.25) is 0 Å². The lowest BCUT2D eigenvalue weighted by molar-refractivity contribution is 0.0751. The Morgan fingerprint density at radius 2 is 2.04 bits per heavy atom. The van der Waals surface area contributed by atoms with Crippen LogP contribution in [0.5, 0.6) is 5.75 Å². The molecule has 0 saturated carbocycles. The van der Waals surface area contributed by atoms with Crippen molar-refractivity contribution in [3.63, 3.8) is 0 Å². The molecule has 1 fully saturated rings. The summed E-state index contributed by atoms with van der Waals surface area (Å²) in [5, 5.41) is 21.1. The maximum Gasteiger partial charge on any atom is 0.409 e. The van der Waals surface area contributed by atoms with Gasteiger partial charge in [-0.15, -0.1) is 0 Å². The summed E-state index contributed by atoms with van der Waals surface area (Å²) in [6.45, 7) is 6.75. The third-order valence-electron chi connectivity index (χ3n) is 4.65. The molecule has 0 atom stereocenters. The largest absolute Gasteiger partial charge is 0.506 e. The molecule has 1 aromatic heterocycles. The Hall–Kier alpha value is -2.35. The molecule has 0 spiro atoms. The first kappa shape index (κ1) is 21.0. The first-order chi connectivity index (χ1) is 13.1. The van der Waals surface area contributed by atoms with Gasteiger partial charge in [0.15, 0.2) is 0 Å². The summed E-state index contributed by atoms with van der Waals surface area (Å²) in [4.78, 5) is 20.4. The molecular formula is C19H30N4O4. The summed E-state index contributed by atoms with van der Waals surface area (Å²) in [5.74, 6) is 0.00245. The lowest BCUT2D eigenvalue weighted by Crippen LogP contribution is -2.49. The molecule has 2 rings (SSSR count). The second kappa shape index (κ2) is 11.4. The highest BCUT2D eigenvalue weighted by atomic mass is 16.6. The summed E-state index contributed by atoms with van der Waals surface area (Å²) in [5.41, 5.74) is 1.14. The van der Waals surface area contributed by atoms with Crippen LogP contribution in [0.2, 0.25) is 0 Å². The smallest absolute Gasteiger partial charge is 0.409 e. The van der Waals surface area contributed by atoms with Crippen molar-refractivity contribution in [1.29, 1.82) is 0 Å². The number of rotatable bonds is 9. The van der Waals surface area contributed by atoms with Crippen molar-refractivity contribution in [1.82, 2.24) is 14.8 Å². The van der Waals surface area contributed by atoms with E-state index in [0.29, 0.717) is 19.7 Å². The Balaban J connectivity index is 1.63. The first-order valence-corrected chi connectivity index (χ1v) is 9.64. The predicted octanol–water partition coefficient (Wildman–Crippen LogP) is 2.47. The van der Waals surface area contributed by atoms with E-state index in [9.17, 15) is 9.90 Å². The number of carbonyl (C=O) groups is 1. The minimum atomic E-state index is -0.191. The number of pyridine rings is 1. The summed E-state index contributed by atoms with van der Waals surface area (Å²) in [6, 6.07) is 3.35. The monoisotopic (exact) mass is 378 g/mol. The lowest BCUT2D eigenvalue weighted by atomic mass is 10.1. The molecule has 1 saturated heterocycles. The summed E-state index contributed by atoms with van der Waals surface area (Å²) in [7, 11) is 0. The van der Waals surface area contributed by atoms with Crippen LogP contribution in [0.3, 0.4) is 0 Å². The number of hydrogen-bond donors (Lipinski definition) is 2. The van der Waals surface area contributed by atoms with Gasteiger partial charge in [0.25, 0.3) is 0 Å². The van der Waals surface area contributed by atoms with Crippen molar-refractivity contribution in [3.8, 4) is 5.75 Å². The molecule has 2 heterocycles. The molecular weight excluding hydrogens is 348 g/mol. The Kier molecular flexibility index (Phi) is 8.83. The van der Waals surface area contributed by atoms with Crippen molar-refractivity contribution in [2.45, 2.75) is 39.0 Å². The van der Waals surface area contributed by atoms with E-state index in [1.165, 1.54) is 0 Å². The molecule has 1 amide bonds. The normalized spacial score (nSPS) is 15.4.